The van der Waals surface area contributed by atoms with Gasteiger partial charge in [0.1, 0.15) is 17.0 Å². The second-order valence-electron chi connectivity index (χ2n) is 7.25. The lowest BCUT2D eigenvalue weighted by Crippen LogP contribution is -2.38. The molecule has 1 aromatic heterocycles. The molecule has 28 heavy (non-hydrogen) atoms. The maximum absolute atomic E-state index is 12.8. The van der Waals surface area contributed by atoms with E-state index in [4.69, 9.17) is 14.2 Å². The maximum atomic E-state index is 12.8. The lowest BCUT2D eigenvalue weighted by atomic mass is 10.2. The molecule has 154 valence electrons. The van der Waals surface area contributed by atoms with E-state index >= 15 is 0 Å². The van der Waals surface area contributed by atoms with Crippen LogP contribution >= 0.6 is 10.8 Å². The highest BCUT2D eigenvalue weighted by atomic mass is 32.2. The van der Waals surface area contributed by atoms with Gasteiger partial charge in [-0.3, -0.25) is 0 Å². The third kappa shape index (κ3) is 5.05. The van der Waals surface area contributed by atoms with Crippen LogP contribution in [0.25, 0.3) is 10.1 Å². The van der Waals surface area contributed by atoms with Gasteiger partial charge in [-0.15, -0.1) is 0 Å². The summed E-state index contributed by atoms with van der Waals surface area (Å²) in [7, 11) is 1.09. The number of fused-ring (bicyclic) bond motifs is 1. The van der Waals surface area contributed by atoms with Crippen LogP contribution < -0.4 is 15.4 Å². The molecule has 2 aromatic rings. The van der Waals surface area contributed by atoms with Gasteiger partial charge in [0.15, 0.2) is 4.70 Å². The minimum absolute atomic E-state index is 0.0369. The summed E-state index contributed by atoms with van der Waals surface area (Å²) in [5.41, 5.74) is -0.198. The molecule has 0 radical (unpaired) electrons. The lowest BCUT2D eigenvalue weighted by Gasteiger charge is -2.21. The first-order valence-electron chi connectivity index (χ1n) is 8.73. The summed E-state index contributed by atoms with van der Waals surface area (Å²) in [4.78, 5) is 24.1. The Morgan fingerprint density at radius 2 is 1.93 bits per heavy atom. The van der Waals surface area contributed by atoms with Crippen molar-refractivity contribution in [3.05, 3.63) is 23.1 Å². The zero-order valence-electron chi connectivity index (χ0n) is 16.9. The predicted octanol–water partition coefficient (Wildman–Crippen LogP) is 3.69. The number of benzene rings is 1. The van der Waals surface area contributed by atoms with E-state index in [1.165, 1.54) is 14.2 Å². The van der Waals surface area contributed by atoms with Crippen LogP contribution in [0.4, 0.5) is 10.5 Å². The van der Waals surface area contributed by atoms with Crippen molar-refractivity contribution in [2.24, 2.45) is 0 Å². The van der Waals surface area contributed by atoms with Crippen molar-refractivity contribution in [2.45, 2.75) is 39.3 Å². The molecular formula is C19H26N2O6S. The number of alkyl carbamates (subject to hydrolysis) is 1. The molecule has 2 atom stereocenters. The van der Waals surface area contributed by atoms with Crippen molar-refractivity contribution in [3.8, 4) is 5.75 Å². The zero-order valence-corrected chi connectivity index (χ0v) is 17.7. The molecule has 2 N–H and O–H groups in total. The largest absolute Gasteiger partial charge is 0.590 e. The second kappa shape index (κ2) is 8.66. The third-order valence-electron chi connectivity index (χ3n) is 3.78. The number of amides is 1. The fourth-order valence-corrected chi connectivity index (χ4v) is 3.94. The number of ether oxygens (including phenoxy) is 3. The normalized spacial score (nSPS) is 13.0. The molecule has 0 saturated heterocycles. The highest BCUT2D eigenvalue weighted by Crippen LogP contribution is 2.44. The van der Waals surface area contributed by atoms with E-state index in [-0.39, 0.29) is 17.5 Å². The van der Waals surface area contributed by atoms with E-state index in [0.29, 0.717) is 21.5 Å². The number of thiophene rings is 1. The fraction of sp³-hybridized carbons (Fsp3) is 0.474. The Labute approximate surface area is 167 Å². The third-order valence-corrected chi connectivity index (χ3v) is 5.28. The molecule has 0 fully saturated rings. The predicted molar refractivity (Wildman–Crippen MR) is 108 cm³/mol. The standard InChI is InChI=1S/C19H26N2O6S/c1-11(10-20-18(23)27-19(2,3)4)21-15-13-9-12(25-5)7-8-14(13)28(24)16(15)17(22)26-6/h7-9,11,21H,10H2,1-6H3,(H,20,23)/t11-,28?/m1/s1. The first-order valence-corrected chi connectivity index (χ1v) is 9.88. The quantitative estimate of drug-likeness (QED) is 0.552. The minimum atomic E-state index is -1.67. The fourth-order valence-electron chi connectivity index (χ4n) is 2.58. The van der Waals surface area contributed by atoms with Crippen LogP contribution in [0.1, 0.15) is 37.4 Å². The van der Waals surface area contributed by atoms with Gasteiger partial charge in [0.2, 0.25) is 0 Å². The number of methoxy groups -OCH3 is 2. The Morgan fingerprint density at radius 1 is 1.25 bits per heavy atom. The molecule has 0 aliphatic carbocycles. The van der Waals surface area contributed by atoms with E-state index in [1.54, 1.807) is 39.0 Å². The van der Waals surface area contributed by atoms with Crippen LogP contribution in [0.3, 0.4) is 0 Å². The highest BCUT2D eigenvalue weighted by molar-refractivity contribution is 7.33. The van der Waals surface area contributed by atoms with Crippen LogP contribution in [0.5, 0.6) is 5.75 Å². The van der Waals surface area contributed by atoms with Crippen molar-refractivity contribution in [1.82, 2.24) is 5.32 Å². The topological polar surface area (TPSA) is 109 Å². The summed E-state index contributed by atoms with van der Waals surface area (Å²) in [6.07, 6.45) is -0.541. The van der Waals surface area contributed by atoms with Crippen LogP contribution in [0.2, 0.25) is 0 Å². The molecule has 8 nitrogen and oxygen atoms in total. The molecule has 1 unspecified atom stereocenters. The molecule has 0 bridgehead atoms. The number of carbonyl (C=O) groups excluding carboxylic acids is 2. The van der Waals surface area contributed by atoms with Gasteiger partial charge in [-0.25, -0.2) is 9.59 Å². The minimum Gasteiger partial charge on any atom is -0.590 e. The molecule has 0 spiro atoms. The van der Waals surface area contributed by atoms with Crippen LogP contribution in [-0.2, 0) is 9.47 Å². The average Bonchev–Trinajstić information content (AvgIpc) is 2.89. The van der Waals surface area contributed by atoms with Crippen LogP contribution in [-0.4, -0.2) is 49.0 Å². The van der Waals surface area contributed by atoms with Gasteiger partial charge in [0, 0.05) is 18.7 Å². The van der Waals surface area contributed by atoms with Gasteiger partial charge in [-0.1, -0.05) is 0 Å². The number of nitrogens with one attached hydrogen (secondary N) is 2. The first-order chi connectivity index (χ1) is 13.1. The summed E-state index contributed by atoms with van der Waals surface area (Å²) >= 11 is 0. The van der Waals surface area contributed by atoms with Crippen molar-refractivity contribution >= 4 is 38.6 Å². The van der Waals surface area contributed by atoms with Crippen molar-refractivity contribution < 1.29 is 28.4 Å². The molecule has 9 heteroatoms. The average molecular weight is 410 g/mol. The summed E-state index contributed by atoms with van der Waals surface area (Å²) in [5, 5.41) is 6.43. The second-order valence-corrected chi connectivity index (χ2v) is 8.64. The Kier molecular flexibility index (Phi) is 6.73. The van der Waals surface area contributed by atoms with Crippen molar-refractivity contribution in [3.63, 3.8) is 0 Å². The Hall–Kier alpha value is -2.52. The number of hydrogen-bond donors (Lipinski definition) is 2. The van der Waals surface area contributed by atoms with Gasteiger partial charge in [-0.05, 0) is 50.6 Å². The van der Waals surface area contributed by atoms with Gasteiger partial charge in [-0.2, -0.15) is 0 Å². The molecule has 1 aromatic carbocycles. The van der Waals surface area contributed by atoms with Gasteiger partial charge >= 0.3 is 12.1 Å². The van der Waals surface area contributed by atoms with E-state index in [9.17, 15) is 14.1 Å². The number of carbonyl (C=O) groups is 2. The highest BCUT2D eigenvalue weighted by Gasteiger charge is 2.30. The van der Waals surface area contributed by atoms with E-state index < -0.39 is 28.4 Å². The Bertz CT molecular complexity index is 871. The van der Waals surface area contributed by atoms with E-state index in [2.05, 4.69) is 10.6 Å². The van der Waals surface area contributed by atoms with Crippen LogP contribution in [0, 0.1) is 0 Å². The van der Waals surface area contributed by atoms with Crippen LogP contribution in [0.15, 0.2) is 18.2 Å². The molecule has 0 aliphatic heterocycles. The van der Waals surface area contributed by atoms with E-state index in [1.807, 2.05) is 6.92 Å². The van der Waals surface area contributed by atoms with Crippen molar-refractivity contribution in [2.75, 3.05) is 26.1 Å². The molecular weight excluding hydrogens is 384 g/mol. The summed E-state index contributed by atoms with van der Waals surface area (Å²) < 4.78 is 28.5. The van der Waals surface area contributed by atoms with Crippen molar-refractivity contribution in [1.29, 1.82) is 0 Å². The molecule has 1 amide bonds. The Balaban J connectivity index is 2.29. The number of anilines is 1. The summed E-state index contributed by atoms with van der Waals surface area (Å²) in [6, 6.07) is 4.77. The molecule has 0 aliphatic rings. The summed E-state index contributed by atoms with van der Waals surface area (Å²) in [6.45, 7) is 7.39. The number of esters is 1. The van der Waals surface area contributed by atoms with Gasteiger partial charge in [0.05, 0.1) is 19.6 Å². The zero-order chi connectivity index (χ0) is 21.1. The SMILES string of the molecule is COC(=O)c1c(N[C@H](C)CNC(=O)OC(C)(C)C)c2cc(OC)ccc2[s+]1[O-]. The van der Waals surface area contributed by atoms with Gasteiger partial charge in [0.25, 0.3) is 4.88 Å². The van der Waals surface area contributed by atoms with E-state index in [0.717, 1.165) is 0 Å². The Morgan fingerprint density at radius 3 is 2.50 bits per heavy atom. The number of rotatable bonds is 6. The monoisotopic (exact) mass is 410 g/mol. The first kappa shape index (κ1) is 21.8. The summed E-state index contributed by atoms with van der Waals surface area (Å²) in [5.74, 6) is -0.107. The smallest absolute Gasteiger partial charge is 0.407 e. The lowest BCUT2D eigenvalue weighted by molar-refractivity contribution is 0.0524. The number of hydrogen-bond acceptors (Lipinski definition) is 7. The van der Waals surface area contributed by atoms with Gasteiger partial charge < -0.3 is 29.4 Å². The molecule has 1 heterocycles. The molecule has 0 saturated carbocycles. The molecule has 2 rings (SSSR count). The maximum Gasteiger partial charge on any atom is 0.407 e.